The fourth-order valence-electron chi connectivity index (χ4n) is 1.66. The minimum Gasteiger partial charge on any atom is -0.457 e. The summed E-state index contributed by atoms with van der Waals surface area (Å²) in [6.07, 6.45) is 1.06. The molecule has 0 aromatic heterocycles. The maximum Gasteiger partial charge on any atom is 0.130 e. The van der Waals surface area contributed by atoms with E-state index in [9.17, 15) is 0 Å². The Kier molecular flexibility index (Phi) is 3.25. The molecule has 0 aliphatic carbocycles. The normalized spacial score (nSPS) is 10.1. The summed E-state index contributed by atoms with van der Waals surface area (Å²) >= 11 is 0. The molecule has 0 saturated heterocycles. The highest BCUT2D eigenvalue weighted by molar-refractivity contribution is 5.39. The summed E-state index contributed by atoms with van der Waals surface area (Å²) in [6, 6.07) is 16.2. The Bertz CT molecular complexity index is 460. The predicted molar refractivity (Wildman–Crippen MR) is 67.1 cm³/mol. The van der Waals surface area contributed by atoms with Crippen LogP contribution < -0.4 is 4.74 Å². The van der Waals surface area contributed by atoms with Gasteiger partial charge in [-0.3, -0.25) is 0 Å². The average molecular weight is 212 g/mol. The molecule has 0 spiro atoms. The molecule has 2 aromatic rings. The first kappa shape index (κ1) is 10.7. The molecule has 0 fully saturated rings. The molecule has 0 aliphatic heterocycles. The van der Waals surface area contributed by atoms with Crippen LogP contribution in [0, 0.1) is 6.92 Å². The molecule has 0 radical (unpaired) electrons. The van der Waals surface area contributed by atoms with E-state index in [0.29, 0.717) is 0 Å². The zero-order chi connectivity index (χ0) is 11.4. The van der Waals surface area contributed by atoms with E-state index >= 15 is 0 Å². The van der Waals surface area contributed by atoms with E-state index in [1.54, 1.807) is 0 Å². The van der Waals surface area contributed by atoms with Crippen molar-refractivity contribution >= 4 is 0 Å². The van der Waals surface area contributed by atoms with Gasteiger partial charge in [0.1, 0.15) is 11.5 Å². The molecule has 2 aromatic carbocycles. The first-order chi connectivity index (χ1) is 7.79. The van der Waals surface area contributed by atoms with Crippen LogP contribution in [0.3, 0.4) is 0 Å². The van der Waals surface area contributed by atoms with Gasteiger partial charge in [0.15, 0.2) is 0 Å². The van der Waals surface area contributed by atoms with Gasteiger partial charge in [-0.05, 0) is 42.7 Å². The van der Waals surface area contributed by atoms with E-state index in [1.807, 2.05) is 36.4 Å². The lowest BCUT2D eigenvalue weighted by Crippen LogP contribution is -1.89. The summed E-state index contributed by atoms with van der Waals surface area (Å²) in [7, 11) is 0. The maximum atomic E-state index is 5.81. The Morgan fingerprint density at radius 1 is 1.00 bits per heavy atom. The molecule has 0 N–H and O–H groups in total. The summed E-state index contributed by atoms with van der Waals surface area (Å²) in [5.41, 5.74) is 2.53. The quantitative estimate of drug-likeness (QED) is 0.735. The molecule has 0 bridgehead atoms. The highest BCUT2D eigenvalue weighted by atomic mass is 16.5. The molecule has 0 aliphatic rings. The van der Waals surface area contributed by atoms with Crippen LogP contribution in [0.4, 0.5) is 0 Å². The van der Waals surface area contributed by atoms with Gasteiger partial charge in [0.25, 0.3) is 0 Å². The fourth-order valence-corrected chi connectivity index (χ4v) is 1.66. The molecular formula is C15H16O. The monoisotopic (exact) mass is 212 g/mol. The van der Waals surface area contributed by atoms with Crippen LogP contribution in [0.5, 0.6) is 11.5 Å². The van der Waals surface area contributed by atoms with Crippen LogP contribution in [0.25, 0.3) is 0 Å². The number of hydrogen-bond acceptors (Lipinski definition) is 1. The molecule has 82 valence electrons. The SMILES string of the molecule is CCc1ccc(Oc2ccccc2)c(C)c1. The average Bonchev–Trinajstić information content (AvgIpc) is 2.33. The van der Waals surface area contributed by atoms with Crippen LogP contribution in [0.2, 0.25) is 0 Å². The van der Waals surface area contributed by atoms with E-state index in [2.05, 4.69) is 26.0 Å². The molecule has 0 amide bonds. The van der Waals surface area contributed by atoms with E-state index in [1.165, 1.54) is 11.1 Å². The van der Waals surface area contributed by atoms with Crippen molar-refractivity contribution in [2.75, 3.05) is 0 Å². The van der Waals surface area contributed by atoms with Gasteiger partial charge in [-0.25, -0.2) is 0 Å². The first-order valence-corrected chi connectivity index (χ1v) is 5.62. The summed E-state index contributed by atoms with van der Waals surface area (Å²) in [5, 5.41) is 0. The minimum absolute atomic E-state index is 0.884. The van der Waals surface area contributed by atoms with Gasteiger partial charge in [-0.1, -0.05) is 37.3 Å². The van der Waals surface area contributed by atoms with E-state index in [0.717, 1.165) is 17.9 Å². The molecule has 1 heteroatoms. The minimum atomic E-state index is 0.884. The second-order valence-electron chi connectivity index (χ2n) is 3.87. The summed E-state index contributed by atoms with van der Waals surface area (Å²) in [4.78, 5) is 0. The van der Waals surface area contributed by atoms with Crippen molar-refractivity contribution in [3.05, 3.63) is 59.7 Å². The van der Waals surface area contributed by atoms with Crippen LogP contribution in [0.15, 0.2) is 48.5 Å². The number of para-hydroxylation sites is 1. The highest BCUT2D eigenvalue weighted by Gasteiger charge is 2.01. The Morgan fingerprint density at radius 2 is 1.75 bits per heavy atom. The molecule has 16 heavy (non-hydrogen) atoms. The zero-order valence-electron chi connectivity index (χ0n) is 9.73. The largest absolute Gasteiger partial charge is 0.457 e. The standard InChI is InChI=1S/C15H16O/c1-3-13-9-10-15(12(2)11-13)16-14-7-5-4-6-8-14/h4-11H,3H2,1-2H3. The maximum absolute atomic E-state index is 5.81. The van der Waals surface area contributed by atoms with Crippen molar-refractivity contribution in [3.8, 4) is 11.5 Å². The van der Waals surface area contributed by atoms with Gasteiger partial charge in [-0.15, -0.1) is 0 Å². The van der Waals surface area contributed by atoms with Crippen molar-refractivity contribution in [2.24, 2.45) is 0 Å². The molecular weight excluding hydrogens is 196 g/mol. The van der Waals surface area contributed by atoms with E-state index < -0.39 is 0 Å². The summed E-state index contributed by atoms with van der Waals surface area (Å²) in [5.74, 6) is 1.82. The second kappa shape index (κ2) is 4.84. The number of rotatable bonds is 3. The lowest BCUT2D eigenvalue weighted by atomic mass is 10.1. The lowest BCUT2D eigenvalue weighted by molar-refractivity contribution is 0.478. The van der Waals surface area contributed by atoms with Crippen molar-refractivity contribution in [3.63, 3.8) is 0 Å². The Hall–Kier alpha value is -1.76. The fraction of sp³-hybridized carbons (Fsp3) is 0.200. The topological polar surface area (TPSA) is 9.23 Å². The van der Waals surface area contributed by atoms with E-state index in [4.69, 9.17) is 4.74 Å². The van der Waals surface area contributed by atoms with Gasteiger partial charge in [0, 0.05) is 0 Å². The second-order valence-corrected chi connectivity index (χ2v) is 3.87. The molecule has 0 atom stereocenters. The Morgan fingerprint density at radius 3 is 2.38 bits per heavy atom. The zero-order valence-corrected chi connectivity index (χ0v) is 9.73. The van der Waals surface area contributed by atoms with Crippen LogP contribution >= 0.6 is 0 Å². The van der Waals surface area contributed by atoms with Crippen LogP contribution in [0.1, 0.15) is 18.1 Å². The number of aryl methyl sites for hydroxylation is 2. The van der Waals surface area contributed by atoms with Gasteiger partial charge in [-0.2, -0.15) is 0 Å². The molecule has 0 heterocycles. The van der Waals surface area contributed by atoms with Gasteiger partial charge < -0.3 is 4.74 Å². The first-order valence-electron chi connectivity index (χ1n) is 5.62. The van der Waals surface area contributed by atoms with Gasteiger partial charge >= 0.3 is 0 Å². The molecule has 1 nitrogen and oxygen atoms in total. The Labute approximate surface area is 96.7 Å². The molecule has 2 rings (SSSR count). The van der Waals surface area contributed by atoms with Crippen molar-refractivity contribution in [2.45, 2.75) is 20.3 Å². The number of benzene rings is 2. The smallest absolute Gasteiger partial charge is 0.130 e. The van der Waals surface area contributed by atoms with Crippen LogP contribution in [-0.2, 0) is 6.42 Å². The molecule has 0 saturated carbocycles. The van der Waals surface area contributed by atoms with Gasteiger partial charge in [0.2, 0.25) is 0 Å². The number of hydrogen-bond donors (Lipinski definition) is 0. The molecule has 0 unspecified atom stereocenters. The Balaban J connectivity index is 2.22. The third-order valence-electron chi connectivity index (χ3n) is 2.62. The summed E-state index contributed by atoms with van der Waals surface area (Å²) < 4.78 is 5.81. The summed E-state index contributed by atoms with van der Waals surface area (Å²) in [6.45, 7) is 4.24. The van der Waals surface area contributed by atoms with Crippen molar-refractivity contribution in [1.29, 1.82) is 0 Å². The predicted octanol–water partition coefficient (Wildman–Crippen LogP) is 4.35. The van der Waals surface area contributed by atoms with Gasteiger partial charge in [0.05, 0.1) is 0 Å². The van der Waals surface area contributed by atoms with Crippen LogP contribution in [-0.4, -0.2) is 0 Å². The third-order valence-corrected chi connectivity index (χ3v) is 2.62. The number of ether oxygens (including phenoxy) is 1. The lowest BCUT2D eigenvalue weighted by Gasteiger charge is -2.09. The van der Waals surface area contributed by atoms with Crippen molar-refractivity contribution < 1.29 is 4.74 Å². The van der Waals surface area contributed by atoms with Crippen molar-refractivity contribution in [1.82, 2.24) is 0 Å². The highest BCUT2D eigenvalue weighted by Crippen LogP contribution is 2.25. The third kappa shape index (κ3) is 2.43. The van der Waals surface area contributed by atoms with E-state index in [-0.39, 0.29) is 0 Å².